The highest BCUT2D eigenvalue weighted by atomic mass is 16.6. The lowest BCUT2D eigenvalue weighted by atomic mass is 9.36. The van der Waals surface area contributed by atoms with Gasteiger partial charge in [0.2, 0.25) is 0 Å². The van der Waals surface area contributed by atoms with Gasteiger partial charge < -0.3 is 20.1 Å². The lowest BCUT2D eigenvalue weighted by Gasteiger charge is -2.68. The molecule has 11 atom stereocenters. The summed E-state index contributed by atoms with van der Waals surface area (Å²) >= 11 is 0. The number of rotatable bonds is 5. The Morgan fingerprint density at radius 1 is 1.00 bits per heavy atom. The van der Waals surface area contributed by atoms with Crippen LogP contribution in [-0.2, 0) is 4.74 Å². The smallest absolute Gasteiger partial charge is 0.106 e. The first kappa shape index (κ1) is 25.2. The van der Waals surface area contributed by atoms with Crippen LogP contribution in [0.1, 0.15) is 99.8 Å². The molecule has 0 radical (unpaired) electrons. The molecule has 1 spiro atoms. The lowest BCUT2D eigenvalue weighted by molar-refractivity contribution is -0.236. The van der Waals surface area contributed by atoms with E-state index in [4.69, 9.17) is 4.74 Å². The van der Waals surface area contributed by atoms with Crippen LogP contribution in [0, 0.1) is 45.3 Å². The van der Waals surface area contributed by atoms with Gasteiger partial charge >= 0.3 is 0 Å². The molecule has 1 heterocycles. The third kappa shape index (κ3) is 2.92. The van der Waals surface area contributed by atoms with E-state index in [1.54, 1.807) is 0 Å². The summed E-state index contributed by atoms with van der Waals surface area (Å²) in [6.45, 7) is 16.4. The summed E-state index contributed by atoms with van der Waals surface area (Å²) in [6, 6.07) is 0. The zero-order valence-corrected chi connectivity index (χ0v) is 22.7. The van der Waals surface area contributed by atoms with Crippen molar-refractivity contribution >= 4 is 0 Å². The number of fused-ring (bicyclic) bond motifs is 4. The summed E-state index contributed by atoms with van der Waals surface area (Å²) in [4.78, 5) is 0. The first-order chi connectivity index (χ1) is 15.8. The van der Waals surface area contributed by atoms with Crippen molar-refractivity contribution in [1.29, 1.82) is 0 Å². The van der Waals surface area contributed by atoms with E-state index in [1.165, 1.54) is 12.8 Å². The van der Waals surface area contributed by atoms with E-state index < -0.39 is 0 Å². The number of epoxide rings is 1. The van der Waals surface area contributed by atoms with E-state index in [2.05, 4.69) is 47.6 Å². The predicted molar refractivity (Wildman–Crippen MR) is 135 cm³/mol. The van der Waals surface area contributed by atoms with Gasteiger partial charge in [-0.15, -0.1) is 0 Å². The van der Waals surface area contributed by atoms with Crippen molar-refractivity contribution in [3.05, 3.63) is 11.6 Å². The van der Waals surface area contributed by atoms with Crippen molar-refractivity contribution in [2.45, 2.75) is 124 Å². The maximum Gasteiger partial charge on any atom is 0.106 e. The zero-order chi connectivity index (χ0) is 24.9. The van der Waals surface area contributed by atoms with E-state index >= 15 is 0 Å². The fraction of sp³-hybridized carbons (Fsp3) is 0.933. The van der Waals surface area contributed by atoms with Crippen molar-refractivity contribution < 1.29 is 20.1 Å². The van der Waals surface area contributed by atoms with Gasteiger partial charge in [-0.25, -0.2) is 0 Å². The summed E-state index contributed by atoms with van der Waals surface area (Å²) in [6.07, 6.45) is 10.2. The Hall–Kier alpha value is -0.420. The molecule has 4 aliphatic carbocycles. The van der Waals surface area contributed by atoms with Crippen LogP contribution in [0.25, 0.3) is 0 Å². The van der Waals surface area contributed by atoms with Gasteiger partial charge in [0.15, 0.2) is 0 Å². The van der Waals surface area contributed by atoms with Gasteiger partial charge in [0.1, 0.15) is 5.60 Å². The highest BCUT2D eigenvalue weighted by Gasteiger charge is 2.82. The molecule has 194 valence electrons. The summed E-state index contributed by atoms with van der Waals surface area (Å²) in [7, 11) is 0. The van der Waals surface area contributed by atoms with Crippen LogP contribution in [0.15, 0.2) is 11.6 Å². The second-order valence-electron chi connectivity index (χ2n) is 14.4. The highest BCUT2D eigenvalue weighted by Crippen LogP contribution is 2.80. The van der Waals surface area contributed by atoms with Crippen molar-refractivity contribution in [1.82, 2.24) is 0 Å². The maximum atomic E-state index is 12.0. The second kappa shape index (κ2) is 7.79. The first-order valence-electron chi connectivity index (χ1n) is 14.1. The fourth-order valence-electron chi connectivity index (χ4n) is 10.6. The molecule has 3 N–H and O–H groups in total. The van der Waals surface area contributed by atoms with E-state index in [0.717, 1.165) is 44.1 Å². The van der Waals surface area contributed by atoms with E-state index in [9.17, 15) is 15.3 Å². The molecule has 0 aromatic rings. The minimum atomic E-state index is -0.323. The molecule has 4 heteroatoms. The number of hydrogen-bond acceptors (Lipinski definition) is 4. The van der Waals surface area contributed by atoms with E-state index in [0.29, 0.717) is 23.7 Å². The Morgan fingerprint density at radius 2 is 1.71 bits per heavy atom. The molecule has 0 bridgehead atoms. The van der Waals surface area contributed by atoms with Gasteiger partial charge in [-0.2, -0.15) is 0 Å². The van der Waals surface area contributed by atoms with Crippen LogP contribution < -0.4 is 0 Å². The summed E-state index contributed by atoms with van der Waals surface area (Å²) in [5, 5.41) is 32.3. The number of hydrogen-bond donors (Lipinski definition) is 3. The van der Waals surface area contributed by atoms with Crippen molar-refractivity contribution in [2.75, 3.05) is 6.61 Å². The van der Waals surface area contributed by atoms with Crippen LogP contribution in [0.2, 0.25) is 0 Å². The summed E-state index contributed by atoms with van der Waals surface area (Å²) in [5.74, 6) is 2.01. The van der Waals surface area contributed by atoms with Crippen molar-refractivity contribution in [2.24, 2.45) is 45.3 Å². The van der Waals surface area contributed by atoms with Gasteiger partial charge in [-0.1, -0.05) is 53.2 Å². The number of allylic oxidation sites excluding steroid dienone is 1. The SMILES string of the molecule is C/C(=C\CC[C@@H](C)[C@H]1CC[C@@]2(C)[C@@H]3C[C@H]4O[C@@]45[C@@H](CC[C@H](O)C5(C)C)[C@]3(C)[C@H](O)C[C@]12C)CO. The quantitative estimate of drug-likeness (QED) is 0.364. The molecule has 4 saturated carbocycles. The Labute approximate surface area is 207 Å². The molecule has 0 unspecified atom stereocenters. The van der Waals surface area contributed by atoms with Gasteiger partial charge in [0.25, 0.3) is 0 Å². The zero-order valence-electron chi connectivity index (χ0n) is 22.7. The standard InChI is InChI=1S/C30H50O4/c1-18(17-31)9-8-10-19(2)20-13-14-27(5)22-15-25-30(34-25)21(11-12-23(32)26(30,3)4)29(22,7)24(33)16-28(20,27)6/h9,19-25,31-33H,8,10-17H2,1-7H3/b18-9+/t19-,20-,21+,22+,23+,24-,25-,27+,28-,29+,30+/m1/s1. The van der Waals surface area contributed by atoms with Crippen LogP contribution in [0.3, 0.4) is 0 Å². The Morgan fingerprint density at radius 3 is 2.38 bits per heavy atom. The normalized spacial score (nSPS) is 54.5. The monoisotopic (exact) mass is 474 g/mol. The minimum absolute atomic E-state index is 0.129. The highest BCUT2D eigenvalue weighted by molar-refractivity contribution is 5.30. The molecule has 5 rings (SSSR count). The summed E-state index contributed by atoms with van der Waals surface area (Å²) < 4.78 is 6.65. The predicted octanol–water partition coefficient (Wildman–Crippen LogP) is 5.49. The second-order valence-corrected chi connectivity index (χ2v) is 14.4. The molecule has 1 saturated heterocycles. The van der Waals surface area contributed by atoms with Gasteiger partial charge in [-0.05, 0) is 92.8 Å². The third-order valence-corrected chi connectivity index (χ3v) is 13.0. The molecule has 4 nitrogen and oxygen atoms in total. The molecule has 0 amide bonds. The van der Waals surface area contributed by atoms with Gasteiger partial charge in [0.05, 0.1) is 24.9 Å². The molecular formula is C30H50O4. The van der Waals surface area contributed by atoms with Crippen molar-refractivity contribution in [3.63, 3.8) is 0 Å². The minimum Gasteiger partial charge on any atom is -0.393 e. The molecular weight excluding hydrogens is 424 g/mol. The van der Waals surface area contributed by atoms with Crippen LogP contribution in [-0.4, -0.2) is 45.8 Å². The third-order valence-electron chi connectivity index (χ3n) is 13.0. The number of ether oxygens (including phenoxy) is 1. The van der Waals surface area contributed by atoms with Gasteiger partial charge in [0, 0.05) is 10.8 Å². The molecule has 5 aliphatic rings. The number of aliphatic hydroxyl groups is 3. The van der Waals surface area contributed by atoms with Crippen LogP contribution >= 0.6 is 0 Å². The maximum absolute atomic E-state index is 12.0. The Bertz CT molecular complexity index is 851. The molecule has 1 aliphatic heterocycles. The lowest BCUT2D eigenvalue weighted by Crippen LogP contribution is -2.69. The Balaban J connectivity index is 1.45. The topological polar surface area (TPSA) is 73.2 Å². The van der Waals surface area contributed by atoms with Crippen LogP contribution in [0.5, 0.6) is 0 Å². The number of aliphatic hydroxyl groups excluding tert-OH is 3. The van der Waals surface area contributed by atoms with E-state index in [-0.39, 0.29) is 52.2 Å². The largest absolute Gasteiger partial charge is 0.393 e. The Kier molecular flexibility index (Phi) is 5.78. The molecule has 0 aromatic heterocycles. The average Bonchev–Trinajstić information content (AvgIpc) is 3.44. The average molecular weight is 475 g/mol. The van der Waals surface area contributed by atoms with Crippen molar-refractivity contribution in [3.8, 4) is 0 Å². The first-order valence-corrected chi connectivity index (χ1v) is 14.1. The van der Waals surface area contributed by atoms with Gasteiger partial charge in [-0.3, -0.25) is 0 Å². The van der Waals surface area contributed by atoms with Crippen LogP contribution in [0.4, 0.5) is 0 Å². The van der Waals surface area contributed by atoms with E-state index in [1.807, 2.05) is 6.92 Å². The summed E-state index contributed by atoms with van der Waals surface area (Å²) in [5.41, 5.74) is 0.720. The molecule has 0 aromatic carbocycles. The fourth-order valence-corrected chi connectivity index (χ4v) is 10.6. The molecule has 5 fully saturated rings. The molecule has 34 heavy (non-hydrogen) atoms.